The number of amides is 1. The van der Waals surface area contributed by atoms with Crippen LogP contribution in [0.25, 0.3) is 5.76 Å². The molecular formula is C35H40N2O8S. The lowest BCUT2D eigenvalue weighted by Gasteiger charge is -2.24. The van der Waals surface area contributed by atoms with Gasteiger partial charge in [-0.25, -0.2) is 9.78 Å². The van der Waals surface area contributed by atoms with Gasteiger partial charge in [-0.3, -0.25) is 14.5 Å². The summed E-state index contributed by atoms with van der Waals surface area (Å²) in [5.41, 5.74) is 1.02. The number of aryl methyl sites for hydroxylation is 1. The Kier molecular flexibility index (Phi) is 12.0. The molecule has 0 aliphatic carbocycles. The first-order valence-electron chi connectivity index (χ1n) is 15.4. The number of esters is 1. The number of unbranched alkanes of at least 4 members (excludes halogenated alkanes) is 2. The fourth-order valence-electron chi connectivity index (χ4n) is 4.83. The number of thiazole rings is 1. The van der Waals surface area contributed by atoms with Crippen LogP contribution < -0.4 is 19.1 Å². The van der Waals surface area contributed by atoms with Gasteiger partial charge in [0.25, 0.3) is 5.78 Å². The van der Waals surface area contributed by atoms with E-state index < -0.39 is 23.7 Å². The zero-order valence-electron chi connectivity index (χ0n) is 26.7. The average molecular weight is 649 g/mol. The monoisotopic (exact) mass is 648 g/mol. The number of aliphatic hydroxyl groups excluding tert-OH is 1. The summed E-state index contributed by atoms with van der Waals surface area (Å²) in [4.78, 5) is 46.1. The van der Waals surface area contributed by atoms with E-state index in [9.17, 15) is 19.5 Å². The number of Topliss-reactive ketones (excluding diaryl/α,β-unsaturated/α-hetero) is 1. The van der Waals surface area contributed by atoms with Gasteiger partial charge < -0.3 is 24.1 Å². The molecule has 1 fully saturated rings. The molecule has 1 aliphatic rings. The highest BCUT2D eigenvalue weighted by Crippen LogP contribution is 2.45. The summed E-state index contributed by atoms with van der Waals surface area (Å²) in [5.74, 6) is -1.20. The molecule has 4 rings (SSSR count). The predicted molar refractivity (Wildman–Crippen MR) is 177 cm³/mol. The summed E-state index contributed by atoms with van der Waals surface area (Å²) in [6, 6.07) is 10.7. The molecule has 1 N–H and O–H groups in total. The number of ketones is 1. The van der Waals surface area contributed by atoms with Crippen LogP contribution >= 0.6 is 11.3 Å². The zero-order valence-corrected chi connectivity index (χ0v) is 27.5. The predicted octanol–water partition coefficient (Wildman–Crippen LogP) is 7.18. The minimum absolute atomic E-state index is 0.00529. The number of ether oxygens (including phenoxy) is 4. The summed E-state index contributed by atoms with van der Waals surface area (Å²) in [6.07, 6.45) is 5.16. The van der Waals surface area contributed by atoms with Crippen molar-refractivity contribution in [1.29, 1.82) is 0 Å². The lowest BCUT2D eigenvalue weighted by atomic mass is 9.95. The van der Waals surface area contributed by atoms with Crippen molar-refractivity contribution >= 4 is 39.9 Å². The molecule has 10 nitrogen and oxygen atoms in total. The molecule has 0 radical (unpaired) electrons. The van der Waals surface area contributed by atoms with Gasteiger partial charge in [0.2, 0.25) is 0 Å². The van der Waals surface area contributed by atoms with Crippen molar-refractivity contribution in [3.05, 3.63) is 82.4 Å². The smallest absolute Gasteiger partial charge is 0.350 e. The molecule has 1 amide bonds. The second-order valence-corrected chi connectivity index (χ2v) is 11.5. The van der Waals surface area contributed by atoms with Crippen molar-refractivity contribution in [2.45, 2.75) is 59.4 Å². The fraction of sp³-hybridized carbons (Fsp3) is 0.371. The van der Waals surface area contributed by atoms with E-state index in [-0.39, 0.29) is 27.9 Å². The Labute approximate surface area is 273 Å². The van der Waals surface area contributed by atoms with Crippen molar-refractivity contribution in [3.63, 3.8) is 0 Å². The molecule has 11 heteroatoms. The summed E-state index contributed by atoms with van der Waals surface area (Å²) in [5, 5.41) is 11.7. The Morgan fingerprint density at radius 2 is 1.70 bits per heavy atom. The summed E-state index contributed by atoms with van der Waals surface area (Å²) >= 11 is 0.928. The standard InChI is InChI=1S/C35H40N2O8S/c1-6-10-19-43-25-15-12-23(13-16-25)30(38)28-29(24-14-17-26(44-20-11-7-2)27(21-24)42-9-4)37(33(40)31(28)39)35-36-22(5)32(46-35)34(41)45-18-8-3/h8,12-17,21,29,38H,3,6-7,9-11,18-20H2,1-2,4-5H3/t29-/m0/s1. The second-order valence-electron chi connectivity index (χ2n) is 10.5. The Morgan fingerprint density at radius 3 is 2.35 bits per heavy atom. The number of benzene rings is 2. The summed E-state index contributed by atoms with van der Waals surface area (Å²) in [7, 11) is 0. The Morgan fingerprint density at radius 1 is 1.00 bits per heavy atom. The van der Waals surface area contributed by atoms with Crippen LogP contribution in [0.5, 0.6) is 17.2 Å². The maximum atomic E-state index is 13.7. The van der Waals surface area contributed by atoms with Gasteiger partial charge in [0.15, 0.2) is 16.6 Å². The van der Waals surface area contributed by atoms with E-state index in [0.29, 0.717) is 53.9 Å². The Balaban J connectivity index is 1.84. The lowest BCUT2D eigenvalue weighted by molar-refractivity contribution is -0.132. The van der Waals surface area contributed by atoms with Crippen LogP contribution in [-0.2, 0) is 14.3 Å². The number of hydrogen-bond donors (Lipinski definition) is 1. The highest BCUT2D eigenvalue weighted by atomic mass is 32.1. The van der Waals surface area contributed by atoms with E-state index in [1.165, 1.54) is 11.0 Å². The van der Waals surface area contributed by atoms with E-state index in [1.54, 1.807) is 49.4 Å². The normalized spacial score (nSPS) is 15.6. The van der Waals surface area contributed by atoms with E-state index in [4.69, 9.17) is 18.9 Å². The highest BCUT2D eigenvalue weighted by molar-refractivity contribution is 7.17. The van der Waals surface area contributed by atoms with Crippen LogP contribution in [-0.4, -0.2) is 54.2 Å². The molecule has 2 aromatic carbocycles. The van der Waals surface area contributed by atoms with Crippen molar-refractivity contribution in [3.8, 4) is 17.2 Å². The molecule has 1 atom stereocenters. The van der Waals surface area contributed by atoms with E-state index in [2.05, 4.69) is 25.4 Å². The van der Waals surface area contributed by atoms with Crippen LogP contribution in [0.1, 0.15) is 79.0 Å². The number of rotatable bonds is 16. The van der Waals surface area contributed by atoms with Crippen LogP contribution in [0.2, 0.25) is 0 Å². The first-order valence-corrected chi connectivity index (χ1v) is 16.3. The molecule has 1 aromatic heterocycles. The maximum Gasteiger partial charge on any atom is 0.350 e. The van der Waals surface area contributed by atoms with Gasteiger partial charge in [-0.15, -0.1) is 0 Å². The molecule has 244 valence electrons. The number of carbonyl (C=O) groups excluding carboxylic acids is 3. The zero-order chi connectivity index (χ0) is 33.2. The molecule has 0 spiro atoms. The Bertz CT molecular complexity index is 1590. The minimum atomic E-state index is -1.09. The van der Waals surface area contributed by atoms with Gasteiger partial charge in [0, 0.05) is 5.56 Å². The molecule has 0 bridgehead atoms. The van der Waals surface area contributed by atoms with Crippen molar-refractivity contribution < 1.29 is 38.4 Å². The quantitative estimate of drug-likeness (QED) is 0.0430. The van der Waals surface area contributed by atoms with Gasteiger partial charge in [-0.1, -0.05) is 56.7 Å². The summed E-state index contributed by atoms with van der Waals surface area (Å²) < 4.78 is 22.8. The molecule has 1 saturated heterocycles. The number of hydrogen-bond acceptors (Lipinski definition) is 10. The molecule has 2 heterocycles. The first kappa shape index (κ1) is 34.2. The summed E-state index contributed by atoms with van der Waals surface area (Å²) in [6.45, 7) is 12.6. The lowest BCUT2D eigenvalue weighted by Crippen LogP contribution is -2.29. The van der Waals surface area contributed by atoms with Crippen molar-refractivity contribution in [2.75, 3.05) is 31.3 Å². The topological polar surface area (TPSA) is 124 Å². The number of nitrogens with zero attached hydrogens (tertiary/aromatic N) is 2. The number of carbonyl (C=O) groups is 3. The van der Waals surface area contributed by atoms with Gasteiger partial charge in [0.1, 0.15) is 23.0 Å². The number of anilines is 1. The van der Waals surface area contributed by atoms with Gasteiger partial charge in [-0.2, -0.15) is 0 Å². The second kappa shape index (κ2) is 16.1. The third-order valence-electron chi connectivity index (χ3n) is 7.19. The van der Waals surface area contributed by atoms with E-state index in [1.807, 2.05) is 6.92 Å². The van der Waals surface area contributed by atoms with Crippen LogP contribution in [0.15, 0.2) is 60.7 Å². The SMILES string of the molecule is C=CCOC(=O)c1sc(N2C(=O)C(=O)C(=C(O)c3ccc(OCCCC)cc3)[C@@H]2c2ccc(OCCCC)c(OCC)c2)nc1C. The Hall–Kier alpha value is -4.64. The third kappa shape index (κ3) is 7.59. The molecule has 3 aromatic rings. The molecule has 0 unspecified atom stereocenters. The molecule has 0 saturated carbocycles. The van der Waals surface area contributed by atoms with Crippen LogP contribution in [0.4, 0.5) is 5.13 Å². The largest absolute Gasteiger partial charge is 0.507 e. The van der Waals surface area contributed by atoms with E-state index >= 15 is 0 Å². The minimum Gasteiger partial charge on any atom is -0.507 e. The van der Waals surface area contributed by atoms with Crippen molar-refractivity contribution in [1.82, 2.24) is 4.98 Å². The number of aromatic nitrogens is 1. The van der Waals surface area contributed by atoms with Crippen LogP contribution in [0.3, 0.4) is 0 Å². The van der Waals surface area contributed by atoms with Gasteiger partial charge in [-0.05, 0) is 68.7 Å². The third-order valence-corrected chi connectivity index (χ3v) is 8.32. The maximum absolute atomic E-state index is 13.7. The first-order chi connectivity index (χ1) is 22.2. The fourth-order valence-corrected chi connectivity index (χ4v) is 5.82. The van der Waals surface area contributed by atoms with Gasteiger partial charge in [0.05, 0.1) is 37.1 Å². The van der Waals surface area contributed by atoms with Crippen molar-refractivity contribution in [2.24, 2.45) is 0 Å². The average Bonchev–Trinajstić information content (AvgIpc) is 3.56. The highest BCUT2D eigenvalue weighted by Gasteiger charge is 2.48. The molecule has 1 aliphatic heterocycles. The van der Waals surface area contributed by atoms with Crippen LogP contribution in [0, 0.1) is 6.92 Å². The van der Waals surface area contributed by atoms with E-state index in [0.717, 1.165) is 37.0 Å². The molecule has 46 heavy (non-hydrogen) atoms. The van der Waals surface area contributed by atoms with Gasteiger partial charge >= 0.3 is 11.9 Å². The number of aliphatic hydroxyl groups is 1. The molecular weight excluding hydrogens is 608 g/mol.